The van der Waals surface area contributed by atoms with E-state index in [0.717, 1.165) is 12.0 Å². The topological polar surface area (TPSA) is 37.4 Å². The summed E-state index contributed by atoms with van der Waals surface area (Å²) in [6.45, 7) is 7.54. The molecule has 1 aliphatic rings. The van der Waals surface area contributed by atoms with Gasteiger partial charge in [-0.25, -0.2) is 0 Å². The number of carbonyl (C=O) groups is 2. The number of carbonyl (C=O) groups excluding carboxylic acids is 2. The zero-order chi connectivity index (χ0) is 18.9. The fourth-order valence-corrected chi connectivity index (χ4v) is 3.57. The molecule has 0 aromatic heterocycles. The highest BCUT2D eigenvalue weighted by atomic mass is 16.2. The first kappa shape index (κ1) is 18.4. The van der Waals surface area contributed by atoms with Gasteiger partial charge in [-0.1, -0.05) is 82.3 Å². The summed E-state index contributed by atoms with van der Waals surface area (Å²) in [7, 11) is 0. The van der Waals surface area contributed by atoms with Crippen molar-refractivity contribution >= 4 is 11.8 Å². The highest BCUT2D eigenvalue weighted by Gasteiger charge is 2.43. The van der Waals surface area contributed by atoms with Crippen molar-refractivity contribution in [3.8, 4) is 11.1 Å². The first-order valence-electron chi connectivity index (χ1n) is 9.29. The Balaban J connectivity index is 1.79. The summed E-state index contributed by atoms with van der Waals surface area (Å²) in [6.07, 6.45) is 1.45. The predicted octanol–water partition coefficient (Wildman–Crippen LogP) is 4.71. The van der Waals surface area contributed by atoms with E-state index in [1.165, 1.54) is 16.0 Å². The lowest BCUT2D eigenvalue weighted by atomic mass is 9.93. The standard InChI is InChI=1S/C23H27NO2/c1-16-14-20(24(21(16)25)22(26)23(2,3)4)15-17-10-12-19(13-11-17)18-8-6-5-7-9-18/h5-13,16,20H,14-15H2,1-4H3/t16-,20-/m0/s1. The molecule has 0 spiro atoms. The van der Waals surface area contributed by atoms with Crippen molar-refractivity contribution in [3.63, 3.8) is 0 Å². The van der Waals surface area contributed by atoms with Gasteiger partial charge in [-0.2, -0.15) is 0 Å². The molecule has 3 rings (SSSR count). The molecule has 0 bridgehead atoms. The molecule has 0 unspecified atom stereocenters. The van der Waals surface area contributed by atoms with Crippen LogP contribution in [0.3, 0.4) is 0 Å². The van der Waals surface area contributed by atoms with Gasteiger partial charge in [-0.05, 0) is 29.5 Å². The summed E-state index contributed by atoms with van der Waals surface area (Å²) in [4.78, 5) is 26.8. The van der Waals surface area contributed by atoms with Gasteiger partial charge in [0.25, 0.3) is 0 Å². The Hall–Kier alpha value is -2.42. The maximum atomic E-state index is 12.8. The molecule has 3 nitrogen and oxygen atoms in total. The van der Waals surface area contributed by atoms with E-state index in [-0.39, 0.29) is 23.8 Å². The molecule has 1 heterocycles. The molecule has 136 valence electrons. The van der Waals surface area contributed by atoms with Gasteiger partial charge >= 0.3 is 0 Å². The summed E-state index contributed by atoms with van der Waals surface area (Å²) >= 11 is 0. The SMILES string of the molecule is C[C@H]1C[C@@H](Cc2ccc(-c3ccccc3)cc2)N(C(=O)C(C)(C)C)C1=O. The van der Waals surface area contributed by atoms with Gasteiger partial charge < -0.3 is 0 Å². The summed E-state index contributed by atoms with van der Waals surface area (Å²) in [5, 5.41) is 0. The molecule has 0 radical (unpaired) electrons. The minimum absolute atomic E-state index is 0.0316. The summed E-state index contributed by atoms with van der Waals surface area (Å²) in [5.41, 5.74) is 2.97. The summed E-state index contributed by atoms with van der Waals surface area (Å²) < 4.78 is 0. The fourth-order valence-electron chi connectivity index (χ4n) is 3.57. The van der Waals surface area contributed by atoms with Crippen LogP contribution in [0.4, 0.5) is 0 Å². The molecule has 2 aromatic rings. The first-order valence-corrected chi connectivity index (χ1v) is 9.29. The summed E-state index contributed by atoms with van der Waals surface area (Å²) in [5.74, 6) is -0.191. The second-order valence-corrected chi connectivity index (χ2v) is 8.32. The number of hydrogen-bond donors (Lipinski definition) is 0. The van der Waals surface area contributed by atoms with E-state index in [9.17, 15) is 9.59 Å². The molecule has 1 saturated heterocycles. The third kappa shape index (κ3) is 3.72. The van der Waals surface area contributed by atoms with Gasteiger partial charge in [0.15, 0.2) is 0 Å². The molecule has 1 aliphatic heterocycles. The molecule has 3 heteroatoms. The normalized spacial score (nSPS) is 20.5. The van der Waals surface area contributed by atoms with Crippen molar-refractivity contribution in [2.45, 2.75) is 46.6 Å². The molecule has 2 amide bonds. The summed E-state index contributed by atoms with van der Waals surface area (Å²) in [6, 6.07) is 18.7. The lowest BCUT2D eigenvalue weighted by molar-refractivity contribution is -0.150. The zero-order valence-electron chi connectivity index (χ0n) is 16.0. The molecule has 0 N–H and O–H groups in total. The minimum Gasteiger partial charge on any atom is -0.278 e. The average molecular weight is 349 g/mol. The van der Waals surface area contributed by atoms with Crippen LogP contribution in [0.5, 0.6) is 0 Å². The Bertz CT molecular complexity index is 787. The van der Waals surface area contributed by atoms with E-state index in [1.54, 1.807) is 0 Å². The predicted molar refractivity (Wildman–Crippen MR) is 104 cm³/mol. The molecule has 1 fully saturated rings. The molecule has 0 aliphatic carbocycles. The Kier molecular flexibility index (Phi) is 4.99. The van der Waals surface area contributed by atoms with Gasteiger partial charge in [-0.3, -0.25) is 14.5 Å². The average Bonchev–Trinajstić information content (AvgIpc) is 2.88. The Morgan fingerprint density at radius 3 is 2.15 bits per heavy atom. The van der Waals surface area contributed by atoms with Gasteiger partial charge in [0.2, 0.25) is 11.8 Å². The van der Waals surface area contributed by atoms with Gasteiger partial charge in [0, 0.05) is 17.4 Å². The lowest BCUT2D eigenvalue weighted by Crippen LogP contribution is -2.46. The highest BCUT2D eigenvalue weighted by molar-refractivity contribution is 6.00. The number of nitrogens with zero attached hydrogens (tertiary/aromatic N) is 1. The van der Waals surface area contributed by atoms with Gasteiger partial charge in [-0.15, -0.1) is 0 Å². The quantitative estimate of drug-likeness (QED) is 0.805. The third-order valence-corrected chi connectivity index (χ3v) is 5.04. The lowest BCUT2D eigenvalue weighted by Gasteiger charge is -2.29. The first-order chi connectivity index (χ1) is 12.3. The Morgan fingerprint density at radius 1 is 1.00 bits per heavy atom. The molecule has 2 atom stereocenters. The fraction of sp³-hybridized carbons (Fsp3) is 0.391. The number of rotatable bonds is 3. The Morgan fingerprint density at radius 2 is 1.58 bits per heavy atom. The van der Waals surface area contributed by atoms with E-state index in [4.69, 9.17) is 0 Å². The maximum absolute atomic E-state index is 12.8. The van der Waals surface area contributed by atoms with Crippen LogP contribution >= 0.6 is 0 Å². The zero-order valence-corrected chi connectivity index (χ0v) is 16.0. The number of amides is 2. The third-order valence-electron chi connectivity index (χ3n) is 5.04. The molecule has 2 aromatic carbocycles. The highest BCUT2D eigenvalue weighted by Crippen LogP contribution is 2.32. The number of hydrogen-bond acceptors (Lipinski definition) is 2. The largest absolute Gasteiger partial charge is 0.278 e. The second kappa shape index (κ2) is 7.06. The van der Waals surface area contributed by atoms with Crippen LogP contribution in [0.25, 0.3) is 11.1 Å². The monoisotopic (exact) mass is 349 g/mol. The molecular weight excluding hydrogens is 322 g/mol. The molecule has 0 saturated carbocycles. The van der Waals surface area contributed by atoms with E-state index in [2.05, 4.69) is 36.4 Å². The number of benzene rings is 2. The van der Waals surface area contributed by atoms with Crippen LogP contribution < -0.4 is 0 Å². The van der Waals surface area contributed by atoms with Crippen LogP contribution in [0.15, 0.2) is 54.6 Å². The van der Waals surface area contributed by atoms with E-state index in [0.29, 0.717) is 6.42 Å². The second-order valence-electron chi connectivity index (χ2n) is 8.32. The van der Waals surface area contributed by atoms with E-state index >= 15 is 0 Å². The van der Waals surface area contributed by atoms with Crippen molar-refractivity contribution < 1.29 is 9.59 Å². The van der Waals surface area contributed by atoms with Crippen molar-refractivity contribution in [2.75, 3.05) is 0 Å². The molecular formula is C23H27NO2. The van der Waals surface area contributed by atoms with Gasteiger partial charge in [0.05, 0.1) is 0 Å². The van der Waals surface area contributed by atoms with E-state index < -0.39 is 5.41 Å². The van der Waals surface area contributed by atoms with Crippen LogP contribution in [-0.4, -0.2) is 22.8 Å². The Labute approximate surface area is 156 Å². The molecule has 26 heavy (non-hydrogen) atoms. The smallest absolute Gasteiger partial charge is 0.234 e. The van der Waals surface area contributed by atoms with Crippen LogP contribution in [0, 0.1) is 11.3 Å². The maximum Gasteiger partial charge on any atom is 0.234 e. The van der Waals surface area contributed by atoms with Gasteiger partial charge in [0.1, 0.15) is 0 Å². The number of likely N-dealkylation sites (tertiary alicyclic amines) is 1. The van der Waals surface area contributed by atoms with Crippen LogP contribution in [0.2, 0.25) is 0 Å². The van der Waals surface area contributed by atoms with Crippen LogP contribution in [-0.2, 0) is 16.0 Å². The van der Waals surface area contributed by atoms with Crippen molar-refractivity contribution in [1.29, 1.82) is 0 Å². The van der Waals surface area contributed by atoms with Crippen molar-refractivity contribution in [1.82, 2.24) is 4.90 Å². The van der Waals surface area contributed by atoms with Crippen molar-refractivity contribution in [3.05, 3.63) is 60.2 Å². The van der Waals surface area contributed by atoms with Crippen LogP contribution in [0.1, 0.15) is 39.7 Å². The minimum atomic E-state index is -0.546. The van der Waals surface area contributed by atoms with E-state index in [1.807, 2.05) is 45.9 Å². The van der Waals surface area contributed by atoms with Crippen molar-refractivity contribution in [2.24, 2.45) is 11.3 Å². The number of imide groups is 1.